The molecule has 0 bridgehead atoms. The Morgan fingerprint density at radius 3 is 2.19 bits per heavy atom. The summed E-state index contributed by atoms with van der Waals surface area (Å²) in [4.78, 5) is 27.4. The van der Waals surface area contributed by atoms with Crippen LogP contribution < -0.4 is 9.62 Å². The van der Waals surface area contributed by atoms with Crippen LogP contribution in [0.15, 0.2) is 83.8 Å². The third-order valence-corrected chi connectivity index (χ3v) is 7.54. The van der Waals surface area contributed by atoms with E-state index in [9.17, 15) is 22.4 Å². The molecule has 0 saturated carbocycles. The van der Waals surface area contributed by atoms with Crippen LogP contribution in [-0.4, -0.2) is 44.3 Å². The molecule has 0 fully saturated rings. The molecule has 0 aliphatic rings. The summed E-state index contributed by atoms with van der Waals surface area (Å²) in [7, 11) is -4.31. The normalized spacial score (nSPS) is 12.0. The lowest BCUT2D eigenvalue weighted by Crippen LogP contribution is -2.51. The minimum absolute atomic E-state index is 0.0187. The molecule has 3 aromatic rings. The molecule has 0 heterocycles. The lowest BCUT2D eigenvalue weighted by molar-refractivity contribution is -0.139. The van der Waals surface area contributed by atoms with E-state index < -0.39 is 40.2 Å². The Morgan fingerprint density at radius 2 is 1.58 bits per heavy atom. The average Bonchev–Trinajstić information content (AvgIpc) is 2.87. The maximum absolute atomic E-state index is 14.8. The number of nitrogens with zero attached hydrogens (tertiary/aromatic N) is 2. The van der Waals surface area contributed by atoms with Gasteiger partial charge in [0.05, 0.1) is 10.6 Å². The van der Waals surface area contributed by atoms with Crippen molar-refractivity contribution < 1.29 is 22.4 Å². The Labute approximate surface area is 215 Å². The van der Waals surface area contributed by atoms with Crippen LogP contribution in [0.5, 0.6) is 0 Å². The standard InChI is InChI=1S/C26H27ClFN3O4S/c1-3-29-26(33)19(2)30(17-20-13-15-21(27)16-14-20)25(32)18-31(24-12-8-7-11-23(24)28)36(34,35)22-9-5-4-6-10-22/h4-16,19H,3,17-18H2,1-2H3,(H,29,33). The van der Waals surface area contributed by atoms with Crippen molar-refractivity contribution in [1.29, 1.82) is 0 Å². The molecule has 0 aliphatic heterocycles. The van der Waals surface area contributed by atoms with Gasteiger partial charge in [0.1, 0.15) is 18.4 Å². The Hall–Kier alpha value is -3.43. The summed E-state index contributed by atoms with van der Waals surface area (Å²) in [6.07, 6.45) is 0. The Bertz CT molecular complexity index is 1300. The first-order valence-corrected chi connectivity index (χ1v) is 13.1. The van der Waals surface area contributed by atoms with Gasteiger partial charge in [-0.15, -0.1) is 0 Å². The van der Waals surface area contributed by atoms with Gasteiger partial charge >= 0.3 is 0 Å². The van der Waals surface area contributed by atoms with Crippen molar-refractivity contribution in [3.05, 3.63) is 95.3 Å². The molecule has 3 aromatic carbocycles. The minimum atomic E-state index is -4.31. The van der Waals surface area contributed by atoms with Gasteiger partial charge in [0.25, 0.3) is 10.0 Å². The van der Waals surface area contributed by atoms with Crippen molar-refractivity contribution in [2.45, 2.75) is 31.3 Å². The lowest BCUT2D eigenvalue weighted by Gasteiger charge is -2.32. The highest BCUT2D eigenvalue weighted by Crippen LogP contribution is 2.27. The number of rotatable bonds is 10. The summed E-state index contributed by atoms with van der Waals surface area (Å²) >= 11 is 5.97. The highest BCUT2D eigenvalue weighted by Gasteiger charge is 2.33. The molecule has 3 rings (SSSR count). The van der Waals surface area contributed by atoms with Crippen LogP contribution in [0.4, 0.5) is 10.1 Å². The Kier molecular flexibility index (Phi) is 9.06. The number of para-hydroxylation sites is 1. The first-order valence-electron chi connectivity index (χ1n) is 11.3. The van der Waals surface area contributed by atoms with Crippen LogP contribution in [0.2, 0.25) is 5.02 Å². The van der Waals surface area contributed by atoms with Crippen molar-refractivity contribution in [2.24, 2.45) is 0 Å². The number of anilines is 1. The van der Waals surface area contributed by atoms with Crippen molar-refractivity contribution in [3.8, 4) is 0 Å². The number of carbonyl (C=O) groups excluding carboxylic acids is 2. The highest BCUT2D eigenvalue weighted by molar-refractivity contribution is 7.92. The fourth-order valence-corrected chi connectivity index (χ4v) is 5.15. The van der Waals surface area contributed by atoms with E-state index in [4.69, 9.17) is 11.6 Å². The van der Waals surface area contributed by atoms with Gasteiger partial charge in [-0.1, -0.05) is 54.1 Å². The molecule has 36 heavy (non-hydrogen) atoms. The van der Waals surface area contributed by atoms with Gasteiger partial charge < -0.3 is 10.2 Å². The molecule has 7 nitrogen and oxygen atoms in total. The van der Waals surface area contributed by atoms with Gasteiger partial charge in [-0.25, -0.2) is 12.8 Å². The van der Waals surface area contributed by atoms with Gasteiger partial charge in [-0.2, -0.15) is 0 Å². The quantitative estimate of drug-likeness (QED) is 0.424. The molecule has 1 N–H and O–H groups in total. The number of likely N-dealkylation sites (N-methyl/N-ethyl adjacent to an activating group) is 1. The number of hydrogen-bond acceptors (Lipinski definition) is 4. The number of hydrogen-bond donors (Lipinski definition) is 1. The molecule has 0 spiro atoms. The maximum atomic E-state index is 14.8. The third-order valence-electron chi connectivity index (χ3n) is 5.52. The number of benzene rings is 3. The van der Waals surface area contributed by atoms with E-state index in [1.165, 1.54) is 47.4 Å². The van der Waals surface area contributed by atoms with Crippen LogP contribution >= 0.6 is 11.6 Å². The van der Waals surface area contributed by atoms with Crippen LogP contribution in [-0.2, 0) is 26.2 Å². The Balaban J connectivity index is 2.02. The molecule has 1 unspecified atom stereocenters. The summed E-state index contributed by atoms with van der Waals surface area (Å²) in [5.41, 5.74) is 0.416. The molecule has 2 amide bonds. The zero-order valence-corrected chi connectivity index (χ0v) is 21.5. The Morgan fingerprint density at radius 1 is 0.972 bits per heavy atom. The van der Waals surface area contributed by atoms with Crippen LogP contribution in [0.3, 0.4) is 0 Å². The van der Waals surface area contributed by atoms with Crippen molar-refractivity contribution >= 4 is 39.1 Å². The number of halogens is 2. The summed E-state index contributed by atoms with van der Waals surface area (Å²) in [5.74, 6) is -1.87. The van der Waals surface area contributed by atoms with Crippen LogP contribution in [0, 0.1) is 5.82 Å². The van der Waals surface area contributed by atoms with Gasteiger partial charge in [0.2, 0.25) is 11.8 Å². The van der Waals surface area contributed by atoms with E-state index in [-0.39, 0.29) is 17.1 Å². The zero-order valence-electron chi connectivity index (χ0n) is 19.9. The van der Waals surface area contributed by atoms with Gasteiger partial charge in [-0.3, -0.25) is 13.9 Å². The SMILES string of the molecule is CCNC(=O)C(C)N(Cc1ccc(Cl)cc1)C(=O)CN(c1ccccc1F)S(=O)(=O)c1ccccc1. The number of amides is 2. The van der Waals surface area contributed by atoms with Crippen molar-refractivity contribution in [3.63, 3.8) is 0 Å². The molecule has 190 valence electrons. The smallest absolute Gasteiger partial charge is 0.264 e. The summed E-state index contributed by atoms with van der Waals surface area (Å²) in [6.45, 7) is 2.97. The molecule has 10 heteroatoms. The minimum Gasteiger partial charge on any atom is -0.355 e. The third kappa shape index (κ3) is 6.41. The number of nitrogens with one attached hydrogen (secondary N) is 1. The van der Waals surface area contributed by atoms with Gasteiger partial charge in [0.15, 0.2) is 0 Å². The zero-order chi connectivity index (χ0) is 26.3. The second-order valence-electron chi connectivity index (χ2n) is 7.99. The van der Waals surface area contributed by atoms with E-state index in [0.717, 1.165) is 10.4 Å². The van der Waals surface area contributed by atoms with E-state index in [2.05, 4.69) is 5.32 Å². The van der Waals surface area contributed by atoms with Gasteiger partial charge in [0, 0.05) is 18.1 Å². The van der Waals surface area contributed by atoms with Crippen molar-refractivity contribution in [2.75, 3.05) is 17.4 Å². The maximum Gasteiger partial charge on any atom is 0.264 e. The van der Waals surface area contributed by atoms with Crippen LogP contribution in [0.25, 0.3) is 0 Å². The molecule has 0 saturated heterocycles. The molecule has 1 atom stereocenters. The van der Waals surface area contributed by atoms with Gasteiger partial charge in [-0.05, 0) is 55.8 Å². The summed E-state index contributed by atoms with van der Waals surface area (Å²) in [5, 5.41) is 3.19. The summed E-state index contributed by atoms with van der Waals surface area (Å²) < 4.78 is 42.6. The second-order valence-corrected chi connectivity index (χ2v) is 10.3. The average molecular weight is 532 g/mol. The fourth-order valence-electron chi connectivity index (χ4n) is 3.58. The molecular weight excluding hydrogens is 505 g/mol. The molecular formula is C26H27ClFN3O4S. The summed E-state index contributed by atoms with van der Waals surface area (Å²) in [6, 6.07) is 18.6. The monoisotopic (exact) mass is 531 g/mol. The first kappa shape index (κ1) is 27.2. The predicted molar refractivity (Wildman–Crippen MR) is 138 cm³/mol. The molecule has 0 aliphatic carbocycles. The van der Waals surface area contributed by atoms with E-state index >= 15 is 0 Å². The van der Waals surface area contributed by atoms with E-state index in [1.807, 2.05) is 0 Å². The topological polar surface area (TPSA) is 86.8 Å². The largest absolute Gasteiger partial charge is 0.355 e. The predicted octanol–water partition coefficient (Wildman–Crippen LogP) is 4.23. The first-order chi connectivity index (χ1) is 17.1. The highest BCUT2D eigenvalue weighted by atomic mass is 35.5. The number of sulfonamides is 1. The van der Waals surface area contributed by atoms with E-state index in [0.29, 0.717) is 17.1 Å². The van der Waals surface area contributed by atoms with Crippen LogP contribution in [0.1, 0.15) is 19.4 Å². The van der Waals surface area contributed by atoms with Crippen molar-refractivity contribution in [1.82, 2.24) is 10.2 Å². The van der Waals surface area contributed by atoms with E-state index in [1.54, 1.807) is 44.2 Å². The molecule has 0 radical (unpaired) electrons. The number of carbonyl (C=O) groups is 2. The molecule has 0 aromatic heterocycles. The second kappa shape index (κ2) is 12.0. The fraction of sp³-hybridized carbons (Fsp3) is 0.231. The lowest BCUT2D eigenvalue weighted by atomic mass is 10.1.